The van der Waals surface area contributed by atoms with Crippen LogP contribution in [0.3, 0.4) is 0 Å². The number of urea groups is 2. The third-order valence-electron chi connectivity index (χ3n) is 11.0. The van der Waals surface area contributed by atoms with Gasteiger partial charge in [-0.2, -0.15) is 0 Å². The molecule has 7 rings (SSSR count). The molecule has 0 bridgehead atoms. The van der Waals surface area contributed by atoms with Gasteiger partial charge in [-0.1, -0.05) is 66.7 Å². The van der Waals surface area contributed by atoms with Gasteiger partial charge in [-0.15, -0.1) is 0 Å². The summed E-state index contributed by atoms with van der Waals surface area (Å²) < 4.78 is 0. The molecule has 6 amide bonds. The van der Waals surface area contributed by atoms with E-state index in [0.717, 1.165) is 16.9 Å². The van der Waals surface area contributed by atoms with Crippen molar-refractivity contribution in [3.63, 3.8) is 0 Å². The van der Waals surface area contributed by atoms with E-state index < -0.39 is 35.2 Å². The van der Waals surface area contributed by atoms with Crippen molar-refractivity contribution in [2.24, 2.45) is 0 Å². The second-order valence-corrected chi connectivity index (χ2v) is 13.9. The van der Waals surface area contributed by atoms with Gasteiger partial charge in [0.05, 0.1) is 19.9 Å². The summed E-state index contributed by atoms with van der Waals surface area (Å²) in [5.41, 5.74) is 1.30. The van der Waals surface area contributed by atoms with Gasteiger partial charge in [-0.05, 0) is 55.5 Å². The fourth-order valence-electron chi connectivity index (χ4n) is 8.06. The van der Waals surface area contributed by atoms with E-state index in [2.05, 4.69) is 20.9 Å². The molecule has 1 atom stereocenters. The maximum atomic E-state index is 14.1. The van der Waals surface area contributed by atoms with Gasteiger partial charge in [-0.3, -0.25) is 9.59 Å². The van der Waals surface area contributed by atoms with Crippen molar-refractivity contribution in [3.8, 4) is 0 Å². The Labute approximate surface area is 302 Å². The quantitative estimate of drug-likeness (QED) is 0.278. The molecule has 272 valence electrons. The number of carbonyl (C=O) groups is 5. The number of nitrogens with zero attached hydrogens (tertiary/aromatic N) is 5. The molecule has 14 nitrogen and oxygen atoms in total. The Morgan fingerprint density at radius 1 is 0.712 bits per heavy atom. The molecule has 0 radical (unpaired) electrons. The van der Waals surface area contributed by atoms with Crippen molar-refractivity contribution >= 4 is 41.2 Å². The molecule has 4 aliphatic heterocycles. The molecule has 0 aromatic heterocycles. The highest BCUT2D eigenvalue weighted by Crippen LogP contribution is 2.40. The lowest BCUT2D eigenvalue weighted by molar-refractivity contribution is -0.139. The van der Waals surface area contributed by atoms with Crippen LogP contribution in [-0.4, -0.2) is 113 Å². The summed E-state index contributed by atoms with van der Waals surface area (Å²) in [4.78, 5) is 75.0. The first-order valence-electron chi connectivity index (χ1n) is 17.8. The fourth-order valence-corrected chi connectivity index (χ4v) is 8.06. The minimum absolute atomic E-state index is 0.0267. The number of carboxylic acids is 1. The molecule has 3 aromatic carbocycles. The summed E-state index contributed by atoms with van der Waals surface area (Å²) in [7, 11) is 0. The minimum atomic E-state index is -1.37. The Bertz CT molecular complexity index is 1780. The van der Waals surface area contributed by atoms with Gasteiger partial charge in [0, 0.05) is 44.1 Å². The average Bonchev–Trinajstić information content (AvgIpc) is 3.63. The van der Waals surface area contributed by atoms with Crippen LogP contribution in [0, 0.1) is 0 Å². The number of amides is 6. The van der Waals surface area contributed by atoms with Crippen LogP contribution >= 0.6 is 0 Å². The molecule has 3 aromatic rings. The molecule has 0 saturated carbocycles. The number of carbonyl (C=O) groups excluding carboxylic acids is 4. The van der Waals surface area contributed by atoms with Crippen LogP contribution in [0.1, 0.15) is 31.2 Å². The second-order valence-electron chi connectivity index (χ2n) is 13.9. The molecule has 4 saturated heterocycles. The van der Waals surface area contributed by atoms with E-state index in [1.54, 1.807) is 4.90 Å². The molecule has 1 unspecified atom stereocenters. The van der Waals surface area contributed by atoms with Gasteiger partial charge in [0.15, 0.2) is 0 Å². The predicted octanol–water partition coefficient (Wildman–Crippen LogP) is 2.63. The van der Waals surface area contributed by atoms with E-state index in [0.29, 0.717) is 58.7 Å². The summed E-state index contributed by atoms with van der Waals surface area (Å²) >= 11 is 0. The van der Waals surface area contributed by atoms with Gasteiger partial charge in [0.2, 0.25) is 11.8 Å². The Morgan fingerprint density at radius 2 is 1.23 bits per heavy atom. The van der Waals surface area contributed by atoms with Crippen LogP contribution < -0.4 is 25.8 Å². The number of likely N-dealkylation sites (tertiary alicyclic amines) is 2. The third-order valence-corrected chi connectivity index (χ3v) is 11.0. The summed E-state index contributed by atoms with van der Waals surface area (Å²) in [5.74, 6) is -1.33. The van der Waals surface area contributed by atoms with Gasteiger partial charge in [0.25, 0.3) is 0 Å². The molecule has 4 N–H and O–H groups in total. The first-order valence-corrected chi connectivity index (χ1v) is 17.8. The number of para-hydroxylation sites is 2. The van der Waals surface area contributed by atoms with E-state index in [9.17, 15) is 29.1 Å². The first kappa shape index (κ1) is 34.6. The number of hydrogen-bond acceptors (Lipinski definition) is 7. The topological polar surface area (TPSA) is 158 Å². The molecule has 2 spiro atoms. The van der Waals surface area contributed by atoms with Crippen LogP contribution in [0.2, 0.25) is 0 Å². The van der Waals surface area contributed by atoms with Gasteiger partial charge in [-0.25, -0.2) is 14.4 Å². The first-order chi connectivity index (χ1) is 25.2. The van der Waals surface area contributed by atoms with Crippen LogP contribution in [0.15, 0.2) is 91.0 Å². The van der Waals surface area contributed by atoms with E-state index in [1.165, 1.54) is 4.90 Å². The lowest BCUT2D eigenvalue weighted by atomic mass is 9.85. The van der Waals surface area contributed by atoms with Gasteiger partial charge < -0.3 is 45.6 Å². The summed E-state index contributed by atoms with van der Waals surface area (Å²) in [5, 5.41) is 18.1. The van der Waals surface area contributed by atoms with Crippen LogP contribution in [0.25, 0.3) is 0 Å². The van der Waals surface area contributed by atoms with Crippen molar-refractivity contribution < 1.29 is 29.1 Å². The molecule has 4 heterocycles. The highest BCUT2D eigenvalue weighted by Gasteiger charge is 2.54. The Morgan fingerprint density at radius 3 is 1.81 bits per heavy atom. The number of rotatable bonds is 8. The normalized spacial score (nSPS) is 19.9. The zero-order valence-corrected chi connectivity index (χ0v) is 28.9. The van der Waals surface area contributed by atoms with Crippen LogP contribution in [-0.2, 0) is 20.9 Å². The molecule has 14 heteroatoms. The number of anilines is 2. The maximum Gasteiger partial charge on any atom is 0.328 e. The van der Waals surface area contributed by atoms with Gasteiger partial charge in [0.1, 0.15) is 17.1 Å². The van der Waals surface area contributed by atoms with Crippen molar-refractivity contribution in [2.75, 3.05) is 55.9 Å². The SMILES string of the molecule is O=C(O)C(CNC(=O)N1CCC2(CC1)C(=O)N(Cc1ccccc1)CN2c1ccccc1)NC(=O)N1CCC2(CC1)C(=O)NCN2c1ccccc1. The third kappa shape index (κ3) is 6.56. The van der Waals surface area contributed by atoms with Crippen molar-refractivity contribution in [1.82, 2.24) is 30.7 Å². The van der Waals surface area contributed by atoms with Crippen LogP contribution in [0.5, 0.6) is 0 Å². The summed E-state index contributed by atoms with van der Waals surface area (Å²) in [6.07, 6.45) is 1.60. The number of nitrogens with one attached hydrogen (secondary N) is 3. The molecule has 0 aliphatic carbocycles. The van der Waals surface area contributed by atoms with E-state index in [4.69, 9.17) is 0 Å². The lowest BCUT2D eigenvalue weighted by Gasteiger charge is -2.43. The highest BCUT2D eigenvalue weighted by molar-refractivity contribution is 5.95. The maximum absolute atomic E-state index is 14.1. The molecule has 52 heavy (non-hydrogen) atoms. The number of benzene rings is 3. The Hall–Kier alpha value is -5.79. The van der Waals surface area contributed by atoms with Crippen molar-refractivity contribution in [3.05, 3.63) is 96.6 Å². The molecular formula is C38H44N8O6. The minimum Gasteiger partial charge on any atom is -0.480 e. The van der Waals surface area contributed by atoms with Gasteiger partial charge >= 0.3 is 18.0 Å². The highest BCUT2D eigenvalue weighted by atomic mass is 16.4. The zero-order chi connectivity index (χ0) is 36.3. The predicted molar refractivity (Wildman–Crippen MR) is 193 cm³/mol. The molecule has 4 aliphatic rings. The largest absolute Gasteiger partial charge is 0.480 e. The van der Waals surface area contributed by atoms with Crippen LogP contribution in [0.4, 0.5) is 21.0 Å². The Balaban J connectivity index is 0.937. The summed E-state index contributed by atoms with van der Waals surface area (Å²) in [6.45, 7) is 2.10. The Kier molecular flexibility index (Phi) is 9.63. The summed E-state index contributed by atoms with van der Waals surface area (Å²) in [6, 6.07) is 26.9. The van der Waals surface area contributed by atoms with E-state index in [1.807, 2.05) is 101 Å². The molecular weight excluding hydrogens is 664 g/mol. The number of aliphatic carboxylic acids is 1. The van der Waals surface area contributed by atoms with Crippen molar-refractivity contribution in [1.29, 1.82) is 0 Å². The van der Waals surface area contributed by atoms with E-state index >= 15 is 0 Å². The number of hydrogen-bond donors (Lipinski definition) is 4. The van der Waals surface area contributed by atoms with Crippen molar-refractivity contribution in [2.45, 2.75) is 49.3 Å². The second kappa shape index (κ2) is 14.4. The lowest BCUT2D eigenvalue weighted by Crippen LogP contribution is -2.61. The zero-order valence-electron chi connectivity index (χ0n) is 28.9. The van der Waals surface area contributed by atoms with E-state index in [-0.39, 0.29) is 31.4 Å². The average molecular weight is 709 g/mol. The fraction of sp³-hybridized carbons (Fsp3) is 0.395. The number of piperidine rings is 2. The molecule has 4 fully saturated rings. The standard InChI is InChI=1S/C38H44N8O6/c47-32(48)31(41-36(52)43-20-16-37(17-21-43)33(49)40-26-45(37)29-12-6-2-7-13-29)24-39-35(51)42-22-18-38(19-23-42)34(50)44(25-28-10-4-1-5-11-28)27-46(38)30-14-8-3-9-15-30/h1-15,31H,16-27H2,(H,39,51)(H,40,49)(H,41,52)(H,47,48). The number of carboxylic acid groups (broad SMARTS) is 1. The smallest absolute Gasteiger partial charge is 0.328 e. The monoisotopic (exact) mass is 708 g/mol.